The van der Waals surface area contributed by atoms with E-state index in [1.165, 1.54) is 10.5 Å². The van der Waals surface area contributed by atoms with E-state index in [1.54, 1.807) is 6.08 Å². The molecule has 0 N–H and O–H groups in total. The van der Waals surface area contributed by atoms with Gasteiger partial charge in [-0.15, -0.1) is 0 Å². The number of rotatable bonds is 10. The fourth-order valence-electron chi connectivity index (χ4n) is 3.76. The topological polar surface area (TPSA) is 65.1 Å². The van der Waals surface area contributed by atoms with Crippen LogP contribution in [0.3, 0.4) is 0 Å². The molecule has 0 saturated carbocycles. The molecule has 1 fully saturated rings. The van der Waals surface area contributed by atoms with Crippen molar-refractivity contribution >= 4 is 29.0 Å². The third kappa shape index (κ3) is 7.42. The van der Waals surface area contributed by atoms with E-state index < -0.39 is 0 Å². The SMILES string of the molecule is Cc1ccc(OCCN2C(=O)S/C(=C\c3ccc(OCCOc4ccc(C(C)(C)C)cc4)cc3)C2=O)cc1. The Kier molecular flexibility index (Phi) is 8.79. The normalized spacial score (nSPS) is 14.7. The van der Waals surface area contributed by atoms with Crippen molar-refractivity contribution in [2.45, 2.75) is 33.1 Å². The average Bonchev–Trinajstić information content (AvgIpc) is 3.16. The number of nitrogens with zero attached hydrogens (tertiary/aromatic N) is 1. The molecule has 3 aromatic rings. The number of amides is 2. The Morgan fingerprint density at radius 3 is 1.79 bits per heavy atom. The summed E-state index contributed by atoms with van der Waals surface area (Å²) in [6.45, 7) is 9.82. The van der Waals surface area contributed by atoms with Gasteiger partial charge in [0, 0.05) is 0 Å². The third-order valence-electron chi connectivity index (χ3n) is 6.00. The van der Waals surface area contributed by atoms with Crippen LogP contribution in [0.2, 0.25) is 0 Å². The predicted molar refractivity (Wildman–Crippen MR) is 152 cm³/mol. The molecule has 6 nitrogen and oxygen atoms in total. The van der Waals surface area contributed by atoms with Crippen molar-refractivity contribution in [3.8, 4) is 17.2 Å². The summed E-state index contributed by atoms with van der Waals surface area (Å²) in [4.78, 5) is 26.7. The van der Waals surface area contributed by atoms with Crippen molar-refractivity contribution in [2.24, 2.45) is 0 Å². The first kappa shape index (κ1) is 27.3. The summed E-state index contributed by atoms with van der Waals surface area (Å²) in [5.74, 6) is 1.92. The maximum absolute atomic E-state index is 12.8. The van der Waals surface area contributed by atoms with E-state index in [0.717, 1.165) is 28.6 Å². The van der Waals surface area contributed by atoms with Gasteiger partial charge >= 0.3 is 0 Å². The number of thioether (sulfide) groups is 1. The molecule has 3 aromatic carbocycles. The molecular formula is C31H33NO5S. The Morgan fingerprint density at radius 1 is 0.737 bits per heavy atom. The summed E-state index contributed by atoms with van der Waals surface area (Å²) in [6, 6.07) is 23.2. The molecule has 0 spiro atoms. The summed E-state index contributed by atoms with van der Waals surface area (Å²) in [6.07, 6.45) is 1.72. The highest BCUT2D eigenvalue weighted by Gasteiger charge is 2.34. The first-order chi connectivity index (χ1) is 18.2. The molecule has 4 rings (SSSR count). The van der Waals surface area contributed by atoms with Gasteiger partial charge in [0.2, 0.25) is 0 Å². The maximum atomic E-state index is 12.8. The number of carbonyl (C=O) groups is 2. The van der Waals surface area contributed by atoms with E-state index in [1.807, 2.05) is 67.6 Å². The van der Waals surface area contributed by atoms with E-state index in [0.29, 0.717) is 29.6 Å². The lowest BCUT2D eigenvalue weighted by atomic mass is 9.87. The Hall–Kier alpha value is -3.71. The van der Waals surface area contributed by atoms with Crippen molar-refractivity contribution in [1.29, 1.82) is 0 Å². The van der Waals surface area contributed by atoms with E-state index >= 15 is 0 Å². The van der Waals surface area contributed by atoms with Gasteiger partial charge in [0.25, 0.3) is 11.1 Å². The fraction of sp³-hybridized carbons (Fsp3) is 0.290. The zero-order valence-electron chi connectivity index (χ0n) is 22.2. The molecule has 1 aliphatic heterocycles. The van der Waals surface area contributed by atoms with Crippen LogP contribution in [0.1, 0.15) is 37.5 Å². The summed E-state index contributed by atoms with van der Waals surface area (Å²) >= 11 is 0.941. The van der Waals surface area contributed by atoms with Crippen molar-refractivity contribution in [2.75, 3.05) is 26.4 Å². The van der Waals surface area contributed by atoms with Crippen molar-refractivity contribution < 1.29 is 23.8 Å². The van der Waals surface area contributed by atoms with Gasteiger partial charge in [-0.25, -0.2) is 0 Å². The van der Waals surface area contributed by atoms with Crippen LogP contribution in [-0.4, -0.2) is 42.4 Å². The molecule has 7 heteroatoms. The van der Waals surface area contributed by atoms with Crippen LogP contribution in [0, 0.1) is 6.92 Å². The second-order valence-electron chi connectivity index (χ2n) is 10.0. The zero-order chi connectivity index (χ0) is 27.1. The van der Waals surface area contributed by atoms with Crippen molar-refractivity contribution in [3.05, 3.63) is 94.4 Å². The van der Waals surface area contributed by atoms with Gasteiger partial charge in [-0.2, -0.15) is 0 Å². The summed E-state index contributed by atoms with van der Waals surface area (Å²) in [7, 11) is 0. The molecule has 1 heterocycles. The van der Waals surface area contributed by atoms with Crippen LogP contribution in [-0.2, 0) is 10.2 Å². The lowest BCUT2D eigenvalue weighted by Crippen LogP contribution is -2.32. The lowest BCUT2D eigenvalue weighted by molar-refractivity contribution is -0.123. The van der Waals surface area contributed by atoms with E-state index in [9.17, 15) is 9.59 Å². The van der Waals surface area contributed by atoms with Crippen LogP contribution in [0.15, 0.2) is 77.7 Å². The number of carbonyl (C=O) groups excluding carboxylic acids is 2. The highest BCUT2D eigenvalue weighted by molar-refractivity contribution is 8.18. The summed E-state index contributed by atoms with van der Waals surface area (Å²) in [5.41, 5.74) is 3.33. The molecule has 2 amide bonds. The molecule has 38 heavy (non-hydrogen) atoms. The number of hydrogen-bond donors (Lipinski definition) is 0. The Bertz CT molecular complexity index is 1280. The van der Waals surface area contributed by atoms with E-state index in [4.69, 9.17) is 14.2 Å². The highest BCUT2D eigenvalue weighted by Crippen LogP contribution is 2.32. The molecule has 0 aliphatic carbocycles. The number of hydrogen-bond acceptors (Lipinski definition) is 6. The molecule has 0 unspecified atom stereocenters. The molecule has 0 bridgehead atoms. The smallest absolute Gasteiger partial charge is 0.293 e. The predicted octanol–water partition coefficient (Wildman–Crippen LogP) is 6.87. The van der Waals surface area contributed by atoms with Gasteiger partial charge in [-0.3, -0.25) is 14.5 Å². The van der Waals surface area contributed by atoms with E-state index in [2.05, 4.69) is 32.9 Å². The second kappa shape index (κ2) is 12.2. The van der Waals surface area contributed by atoms with Crippen LogP contribution in [0.5, 0.6) is 17.2 Å². The lowest BCUT2D eigenvalue weighted by Gasteiger charge is -2.19. The minimum Gasteiger partial charge on any atom is -0.492 e. The minimum atomic E-state index is -0.305. The molecule has 198 valence electrons. The molecule has 1 aliphatic rings. The van der Waals surface area contributed by atoms with Gasteiger partial charge in [-0.05, 0) is 77.7 Å². The average molecular weight is 532 g/mol. The van der Waals surface area contributed by atoms with Crippen LogP contribution >= 0.6 is 11.8 Å². The standard InChI is InChI=1S/C31H33NO5S/c1-22-5-11-25(12-6-22)35-18-17-32-29(33)28(38-30(32)34)21-23-7-13-26(14-8-23)36-19-20-37-27-15-9-24(10-16-27)31(2,3)4/h5-16,21H,17-20H2,1-4H3/b28-21-. The number of benzene rings is 3. The van der Waals surface area contributed by atoms with Crippen LogP contribution in [0.4, 0.5) is 4.79 Å². The van der Waals surface area contributed by atoms with Gasteiger partial charge in [0.1, 0.15) is 37.1 Å². The summed E-state index contributed by atoms with van der Waals surface area (Å²) < 4.78 is 17.2. The number of aryl methyl sites for hydroxylation is 1. The first-order valence-corrected chi connectivity index (χ1v) is 13.4. The zero-order valence-corrected chi connectivity index (χ0v) is 23.0. The third-order valence-corrected chi connectivity index (χ3v) is 6.90. The van der Waals surface area contributed by atoms with Crippen molar-refractivity contribution in [3.63, 3.8) is 0 Å². The molecule has 0 atom stereocenters. The van der Waals surface area contributed by atoms with Gasteiger partial charge in [0.05, 0.1) is 11.4 Å². The highest BCUT2D eigenvalue weighted by atomic mass is 32.2. The van der Waals surface area contributed by atoms with Crippen LogP contribution < -0.4 is 14.2 Å². The second-order valence-corrected chi connectivity index (χ2v) is 11.0. The minimum absolute atomic E-state index is 0.110. The summed E-state index contributed by atoms with van der Waals surface area (Å²) in [5, 5.41) is -0.290. The van der Waals surface area contributed by atoms with E-state index in [-0.39, 0.29) is 29.7 Å². The Balaban J connectivity index is 1.23. The maximum Gasteiger partial charge on any atom is 0.293 e. The Labute approximate surface area is 228 Å². The number of ether oxygens (including phenoxy) is 3. The number of imide groups is 1. The van der Waals surface area contributed by atoms with Gasteiger partial charge in [0.15, 0.2) is 0 Å². The van der Waals surface area contributed by atoms with Gasteiger partial charge in [-0.1, -0.05) is 62.7 Å². The molecular weight excluding hydrogens is 498 g/mol. The molecule has 0 aromatic heterocycles. The monoisotopic (exact) mass is 531 g/mol. The van der Waals surface area contributed by atoms with Crippen molar-refractivity contribution in [1.82, 2.24) is 4.90 Å². The molecule has 0 radical (unpaired) electrons. The largest absolute Gasteiger partial charge is 0.492 e. The first-order valence-electron chi connectivity index (χ1n) is 12.6. The Morgan fingerprint density at radius 2 is 1.24 bits per heavy atom. The van der Waals surface area contributed by atoms with Gasteiger partial charge < -0.3 is 14.2 Å². The molecule has 1 saturated heterocycles. The fourth-order valence-corrected chi connectivity index (χ4v) is 4.63. The quantitative estimate of drug-likeness (QED) is 0.210. The van der Waals surface area contributed by atoms with Crippen LogP contribution in [0.25, 0.3) is 6.08 Å².